The van der Waals surface area contributed by atoms with E-state index in [0.717, 1.165) is 49.4 Å². The van der Waals surface area contributed by atoms with Gasteiger partial charge in [-0.15, -0.1) is 0 Å². The molecule has 21 heavy (non-hydrogen) atoms. The first kappa shape index (κ1) is 16.0. The van der Waals surface area contributed by atoms with E-state index in [1.54, 1.807) is 0 Å². The summed E-state index contributed by atoms with van der Waals surface area (Å²) >= 11 is 0. The summed E-state index contributed by atoms with van der Waals surface area (Å²) in [5.41, 5.74) is 7.78. The molecule has 2 N–H and O–H groups in total. The molecule has 0 aliphatic carbocycles. The van der Waals surface area contributed by atoms with Gasteiger partial charge in [0, 0.05) is 19.2 Å². The predicted molar refractivity (Wildman–Crippen MR) is 88.2 cm³/mol. The highest BCUT2D eigenvalue weighted by atomic mass is 15.1. The Kier molecular flexibility index (Phi) is 6.18. The summed E-state index contributed by atoms with van der Waals surface area (Å²) in [6.07, 6.45) is 8.80. The van der Waals surface area contributed by atoms with Crippen molar-refractivity contribution in [2.75, 3.05) is 6.54 Å². The highest BCUT2D eigenvalue weighted by Gasteiger charge is 2.13. The van der Waals surface area contributed by atoms with Crippen molar-refractivity contribution < 1.29 is 0 Å². The van der Waals surface area contributed by atoms with Crippen LogP contribution in [0.15, 0.2) is 18.3 Å². The molecule has 2 aromatic rings. The van der Waals surface area contributed by atoms with E-state index < -0.39 is 0 Å². The normalized spacial score (nSPS) is 12.9. The molecule has 0 saturated heterocycles. The fraction of sp³-hybridized carbons (Fsp3) is 0.647. The second-order valence-corrected chi connectivity index (χ2v) is 5.80. The molecule has 2 heterocycles. The minimum Gasteiger partial charge on any atom is -0.330 e. The highest BCUT2D eigenvalue weighted by Crippen LogP contribution is 2.20. The minimum atomic E-state index is 0.725. The van der Waals surface area contributed by atoms with Crippen LogP contribution in [-0.2, 0) is 13.0 Å². The lowest BCUT2D eigenvalue weighted by molar-refractivity contribution is 0.414. The van der Waals surface area contributed by atoms with E-state index in [9.17, 15) is 0 Å². The maximum absolute atomic E-state index is 5.74. The highest BCUT2D eigenvalue weighted by molar-refractivity contribution is 5.71. The number of pyridine rings is 1. The standard InChI is InChI=1S/C17H28N4/c1-3-6-14(10-11-18)8-9-16-20-15-7-5-12-19-17(15)21(16)13-4-2/h5,7,12,14H,3-4,6,8-11,13,18H2,1-2H3. The lowest BCUT2D eigenvalue weighted by Crippen LogP contribution is -2.12. The van der Waals surface area contributed by atoms with Gasteiger partial charge < -0.3 is 10.3 Å². The van der Waals surface area contributed by atoms with E-state index >= 15 is 0 Å². The van der Waals surface area contributed by atoms with Crippen molar-refractivity contribution in [1.82, 2.24) is 14.5 Å². The van der Waals surface area contributed by atoms with Crippen LogP contribution in [0.3, 0.4) is 0 Å². The van der Waals surface area contributed by atoms with Crippen molar-refractivity contribution >= 4 is 11.2 Å². The van der Waals surface area contributed by atoms with Gasteiger partial charge in [0.2, 0.25) is 0 Å². The molecule has 0 aromatic carbocycles. The molecule has 1 unspecified atom stereocenters. The molecule has 4 nitrogen and oxygen atoms in total. The van der Waals surface area contributed by atoms with Crippen LogP contribution in [-0.4, -0.2) is 21.1 Å². The number of rotatable bonds is 9. The Morgan fingerprint density at radius 2 is 2.05 bits per heavy atom. The van der Waals surface area contributed by atoms with E-state index in [1.807, 2.05) is 12.3 Å². The van der Waals surface area contributed by atoms with Crippen molar-refractivity contribution in [1.29, 1.82) is 0 Å². The quantitative estimate of drug-likeness (QED) is 0.768. The van der Waals surface area contributed by atoms with Crippen molar-refractivity contribution in [3.63, 3.8) is 0 Å². The predicted octanol–water partition coefficient (Wildman–Crippen LogP) is 3.54. The van der Waals surface area contributed by atoms with Crippen LogP contribution < -0.4 is 5.73 Å². The number of hydrogen-bond donors (Lipinski definition) is 1. The lowest BCUT2D eigenvalue weighted by atomic mass is 9.94. The molecule has 0 bridgehead atoms. The van der Waals surface area contributed by atoms with Gasteiger partial charge in [0.05, 0.1) is 0 Å². The van der Waals surface area contributed by atoms with Gasteiger partial charge in [0.25, 0.3) is 0 Å². The number of imidazole rings is 1. The van der Waals surface area contributed by atoms with E-state index in [2.05, 4.69) is 29.5 Å². The molecule has 2 aromatic heterocycles. The van der Waals surface area contributed by atoms with Crippen LogP contribution in [0.25, 0.3) is 11.2 Å². The summed E-state index contributed by atoms with van der Waals surface area (Å²) in [5, 5.41) is 0. The van der Waals surface area contributed by atoms with Crippen LogP contribution in [0.5, 0.6) is 0 Å². The van der Waals surface area contributed by atoms with Crippen LogP contribution in [0, 0.1) is 5.92 Å². The molecule has 116 valence electrons. The van der Waals surface area contributed by atoms with Gasteiger partial charge in [-0.05, 0) is 43.9 Å². The van der Waals surface area contributed by atoms with Gasteiger partial charge in [-0.3, -0.25) is 0 Å². The summed E-state index contributed by atoms with van der Waals surface area (Å²) in [6, 6.07) is 4.02. The molecule has 0 saturated carbocycles. The Bertz CT molecular complexity index is 541. The third kappa shape index (κ3) is 4.03. The SMILES string of the molecule is CCCC(CCN)CCc1nc2cccnc2n1CCC. The second-order valence-electron chi connectivity index (χ2n) is 5.80. The molecular weight excluding hydrogens is 260 g/mol. The Morgan fingerprint density at radius 1 is 1.19 bits per heavy atom. The molecule has 1 atom stereocenters. The maximum atomic E-state index is 5.74. The Labute approximate surface area is 127 Å². The zero-order chi connectivity index (χ0) is 15.1. The zero-order valence-corrected chi connectivity index (χ0v) is 13.4. The first-order valence-corrected chi connectivity index (χ1v) is 8.30. The van der Waals surface area contributed by atoms with Crippen LogP contribution in [0.2, 0.25) is 0 Å². The van der Waals surface area contributed by atoms with E-state index in [4.69, 9.17) is 10.7 Å². The van der Waals surface area contributed by atoms with Gasteiger partial charge in [-0.2, -0.15) is 0 Å². The van der Waals surface area contributed by atoms with E-state index in [-0.39, 0.29) is 0 Å². The number of hydrogen-bond acceptors (Lipinski definition) is 3. The third-order valence-corrected chi connectivity index (χ3v) is 4.08. The minimum absolute atomic E-state index is 0.725. The molecule has 0 amide bonds. The number of aryl methyl sites for hydroxylation is 2. The topological polar surface area (TPSA) is 56.7 Å². The summed E-state index contributed by atoms with van der Waals surface area (Å²) in [5.74, 6) is 1.91. The van der Waals surface area contributed by atoms with Gasteiger partial charge in [0.1, 0.15) is 11.3 Å². The van der Waals surface area contributed by atoms with Crippen LogP contribution in [0.1, 0.15) is 51.8 Å². The molecule has 0 radical (unpaired) electrons. The average molecular weight is 288 g/mol. The Morgan fingerprint density at radius 3 is 2.76 bits per heavy atom. The Hall–Kier alpha value is -1.42. The molecule has 4 heteroatoms. The molecule has 0 spiro atoms. The fourth-order valence-electron chi connectivity index (χ4n) is 3.06. The van der Waals surface area contributed by atoms with Gasteiger partial charge in [0.15, 0.2) is 5.65 Å². The summed E-state index contributed by atoms with van der Waals surface area (Å²) in [7, 11) is 0. The number of nitrogens with zero attached hydrogens (tertiary/aromatic N) is 3. The largest absolute Gasteiger partial charge is 0.330 e. The molecule has 2 rings (SSSR count). The molecule has 0 aliphatic rings. The van der Waals surface area contributed by atoms with Crippen molar-refractivity contribution in [2.45, 2.75) is 58.9 Å². The average Bonchev–Trinajstić information content (AvgIpc) is 2.84. The van der Waals surface area contributed by atoms with E-state index in [1.165, 1.54) is 25.1 Å². The first-order valence-electron chi connectivity index (χ1n) is 8.30. The summed E-state index contributed by atoms with van der Waals surface area (Å²) in [4.78, 5) is 9.29. The van der Waals surface area contributed by atoms with Gasteiger partial charge >= 0.3 is 0 Å². The first-order chi connectivity index (χ1) is 10.3. The summed E-state index contributed by atoms with van der Waals surface area (Å²) in [6.45, 7) is 6.24. The molecule has 0 aliphatic heterocycles. The van der Waals surface area contributed by atoms with Gasteiger partial charge in [-0.1, -0.05) is 26.7 Å². The number of nitrogens with two attached hydrogens (primary N) is 1. The monoisotopic (exact) mass is 288 g/mol. The van der Waals surface area contributed by atoms with Crippen molar-refractivity contribution in [3.05, 3.63) is 24.2 Å². The number of fused-ring (bicyclic) bond motifs is 1. The van der Waals surface area contributed by atoms with Crippen LogP contribution in [0.4, 0.5) is 0 Å². The smallest absolute Gasteiger partial charge is 0.159 e. The van der Waals surface area contributed by atoms with Crippen LogP contribution >= 0.6 is 0 Å². The molecule has 0 fully saturated rings. The van der Waals surface area contributed by atoms with E-state index in [0.29, 0.717) is 0 Å². The van der Waals surface area contributed by atoms with Crippen molar-refractivity contribution in [3.8, 4) is 0 Å². The zero-order valence-electron chi connectivity index (χ0n) is 13.4. The lowest BCUT2D eigenvalue weighted by Gasteiger charge is -2.15. The van der Waals surface area contributed by atoms with Crippen molar-refractivity contribution in [2.24, 2.45) is 11.7 Å². The second kappa shape index (κ2) is 8.13. The fourth-order valence-corrected chi connectivity index (χ4v) is 3.06. The third-order valence-electron chi connectivity index (χ3n) is 4.08. The Balaban J connectivity index is 2.14. The molecular formula is C17H28N4. The number of aromatic nitrogens is 3. The summed E-state index contributed by atoms with van der Waals surface area (Å²) < 4.78 is 2.29. The maximum Gasteiger partial charge on any atom is 0.159 e. The van der Waals surface area contributed by atoms with Gasteiger partial charge in [-0.25, -0.2) is 9.97 Å².